The topological polar surface area (TPSA) is 78.9 Å². The predicted molar refractivity (Wildman–Crippen MR) is 307 cm³/mol. The molecule has 1 unspecified atom stereocenters. The quantitative estimate of drug-likeness (QED) is 0.0261. The fraction of sp³-hybridized carbons (Fsp3) is 0.800. The first-order valence-electron chi connectivity index (χ1n) is 30.8. The third-order valence-electron chi connectivity index (χ3n) is 13.5. The van der Waals surface area contributed by atoms with Crippen molar-refractivity contribution >= 4 is 17.9 Å². The second-order valence-corrected chi connectivity index (χ2v) is 20.6. The molecule has 71 heavy (non-hydrogen) atoms. The molecule has 0 radical (unpaired) electrons. The summed E-state index contributed by atoms with van der Waals surface area (Å²) in [6, 6.07) is 0. The van der Waals surface area contributed by atoms with Gasteiger partial charge >= 0.3 is 17.9 Å². The highest BCUT2D eigenvalue weighted by Gasteiger charge is 2.19. The van der Waals surface area contributed by atoms with Gasteiger partial charge < -0.3 is 14.2 Å². The zero-order valence-corrected chi connectivity index (χ0v) is 47.2. The van der Waals surface area contributed by atoms with Gasteiger partial charge in [-0.3, -0.25) is 14.4 Å². The third kappa shape index (κ3) is 57.9. The molecule has 0 aliphatic carbocycles. The summed E-state index contributed by atoms with van der Waals surface area (Å²) in [4.78, 5) is 38.2. The Balaban J connectivity index is 4.34. The van der Waals surface area contributed by atoms with Gasteiger partial charge in [-0.15, -0.1) is 0 Å². The average Bonchev–Trinajstić information content (AvgIpc) is 3.37. The Morgan fingerprint density at radius 1 is 0.296 bits per heavy atom. The van der Waals surface area contributed by atoms with Crippen molar-refractivity contribution in [1.29, 1.82) is 0 Å². The van der Waals surface area contributed by atoms with E-state index in [-0.39, 0.29) is 37.5 Å². The second kappa shape index (κ2) is 59.7. The Morgan fingerprint density at radius 3 is 0.944 bits per heavy atom. The number of allylic oxidation sites excluding steroid dienone is 10. The van der Waals surface area contributed by atoms with Crippen LogP contribution in [0, 0.1) is 0 Å². The molecule has 0 aromatic heterocycles. The van der Waals surface area contributed by atoms with Crippen LogP contribution in [-0.4, -0.2) is 37.2 Å². The molecule has 412 valence electrons. The molecular formula is C65H116O6. The maximum absolute atomic E-state index is 12.9. The molecule has 0 fully saturated rings. The van der Waals surface area contributed by atoms with Crippen molar-refractivity contribution in [3.63, 3.8) is 0 Å². The van der Waals surface area contributed by atoms with Crippen molar-refractivity contribution in [2.75, 3.05) is 13.2 Å². The van der Waals surface area contributed by atoms with E-state index in [1.54, 1.807) is 0 Å². The summed E-state index contributed by atoms with van der Waals surface area (Å²) in [6.45, 7) is 6.50. The molecule has 0 bridgehead atoms. The number of ether oxygens (including phenoxy) is 3. The zero-order chi connectivity index (χ0) is 51.4. The maximum atomic E-state index is 12.9. The molecule has 1 atom stereocenters. The molecule has 6 heteroatoms. The third-order valence-corrected chi connectivity index (χ3v) is 13.5. The minimum absolute atomic E-state index is 0.0949. The SMILES string of the molecule is CC/C=C\C/C=C\C/C=C\C/C=C\CCC(=O)OCC(COC(=O)CCCCCCCCCCCCCCCCCCCCCCCC)OC(=O)CCCCCCCCC/C=C\CCCCCCCCC. The van der Waals surface area contributed by atoms with Crippen molar-refractivity contribution in [3.05, 3.63) is 60.8 Å². The van der Waals surface area contributed by atoms with E-state index in [4.69, 9.17) is 14.2 Å². The lowest BCUT2D eigenvalue weighted by atomic mass is 10.0. The van der Waals surface area contributed by atoms with Gasteiger partial charge in [-0.2, -0.15) is 0 Å². The van der Waals surface area contributed by atoms with Crippen LogP contribution < -0.4 is 0 Å². The molecule has 6 nitrogen and oxygen atoms in total. The first-order chi connectivity index (χ1) is 35.0. The molecule has 0 saturated carbocycles. The first kappa shape index (κ1) is 68.1. The Bertz CT molecular complexity index is 1280. The van der Waals surface area contributed by atoms with Crippen LogP contribution in [-0.2, 0) is 28.6 Å². The Hall–Kier alpha value is -2.89. The number of hydrogen-bond donors (Lipinski definition) is 0. The van der Waals surface area contributed by atoms with Crippen LogP contribution in [0.15, 0.2) is 60.8 Å². The van der Waals surface area contributed by atoms with E-state index >= 15 is 0 Å². The fourth-order valence-corrected chi connectivity index (χ4v) is 8.92. The number of esters is 3. The minimum Gasteiger partial charge on any atom is -0.462 e. The van der Waals surface area contributed by atoms with E-state index in [1.165, 1.54) is 205 Å². The summed E-state index contributed by atoms with van der Waals surface area (Å²) in [5.74, 6) is -0.969. The van der Waals surface area contributed by atoms with Crippen LogP contribution in [0.5, 0.6) is 0 Å². The average molecular weight is 994 g/mol. The number of carbonyl (C=O) groups is 3. The number of carbonyl (C=O) groups excluding carboxylic acids is 3. The molecule has 0 saturated heterocycles. The molecule has 0 spiro atoms. The number of hydrogen-bond acceptors (Lipinski definition) is 6. The van der Waals surface area contributed by atoms with Gasteiger partial charge in [-0.25, -0.2) is 0 Å². The largest absolute Gasteiger partial charge is 0.462 e. The molecule has 0 aliphatic rings. The maximum Gasteiger partial charge on any atom is 0.306 e. The highest BCUT2D eigenvalue weighted by atomic mass is 16.6. The summed E-state index contributed by atoms with van der Waals surface area (Å²) in [6.07, 6.45) is 75.3. The van der Waals surface area contributed by atoms with Gasteiger partial charge in [-0.05, 0) is 70.6 Å². The number of rotatable bonds is 56. The summed E-state index contributed by atoms with van der Waals surface area (Å²) in [5, 5.41) is 0. The predicted octanol–water partition coefficient (Wildman–Crippen LogP) is 20.8. The standard InChI is InChI=1S/C65H116O6/c1-4-7-10-13-16-19-22-25-27-29-31-32-33-34-36-37-40-43-46-49-52-55-58-64(67)70-61-62(60-69-63(66)57-54-51-48-45-42-39-24-21-18-15-12-9-6-3)71-65(68)59-56-53-50-47-44-41-38-35-30-28-26-23-20-17-14-11-8-5-2/h9,12,18,21,28,30,39,42,48,51,62H,4-8,10-11,13-17,19-20,22-27,29,31-38,40-41,43-47,49-50,52-61H2,1-3H3/b12-9-,21-18-,30-28-,42-39-,51-48-. The Kier molecular flexibility index (Phi) is 57.2. The van der Waals surface area contributed by atoms with Gasteiger partial charge in [0.15, 0.2) is 6.10 Å². The van der Waals surface area contributed by atoms with Crippen molar-refractivity contribution in [1.82, 2.24) is 0 Å². The molecule has 0 amide bonds. The van der Waals surface area contributed by atoms with Crippen LogP contribution in [0.25, 0.3) is 0 Å². The lowest BCUT2D eigenvalue weighted by Crippen LogP contribution is -2.30. The zero-order valence-electron chi connectivity index (χ0n) is 47.2. The van der Waals surface area contributed by atoms with Crippen molar-refractivity contribution < 1.29 is 28.6 Å². The van der Waals surface area contributed by atoms with E-state index in [2.05, 4.69) is 75.5 Å². The van der Waals surface area contributed by atoms with E-state index in [0.717, 1.165) is 64.2 Å². The van der Waals surface area contributed by atoms with Gasteiger partial charge in [0.05, 0.1) is 0 Å². The second-order valence-electron chi connectivity index (χ2n) is 20.6. The van der Waals surface area contributed by atoms with Gasteiger partial charge in [0.2, 0.25) is 0 Å². The summed E-state index contributed by atoms with van der Waals surface area (Å²) < 4.78 is 16.8. The minimum atomic E-state index is -0.804. The Morgan fingerprint density at radius 2 is 0.577 bits per heavy atom. The smallest absolute Gasteiger partial charge is 0.306 e. The molecule has 0 heterocycles. The Labute approximate surface area is 440 Å². The van der Waals surface area contributed by atoms with Crippen LogP contribution in [0.3, 0.4) is 0 Å². The molecule has 0 aromatic rings. The van der Waals surface area contributed by atoms with E-state index < -0.39 is 6.10 Å². The van der Waals surface area contributed by atoms with Crippen molar-refractivity contribution in [2.45, 2.75) is 322 Å². The fourth-order valence-electron chi connectivity index (χ4n) is 8.92. The highest BCUT2D eigenvalue weighted by molar-refractivity contribution is 5.71. The summed E-state index contributed by atoms with van der Waals surface area (Å²) in [5.41, 5.74) is 0. The van der Waals surface area contributed by atoms with Gasteiger partial charge in [0.1, 0.15) is 13.2 Å². The van der Waals surface area contributed by atoms with Crippen LogP contribution >= 0.6 is 0 Å². The van der Waals surface area contributed by atoms with Gasteiger partial charge in [0, 0.05) is 19.3 Å². The normalized spacial score (nSPS) is 12.4. The van der Waals surface area contributed by atoms with E-state index in [0.29, 0.717) is 19.3 Å². The molecule has 0 aromatic carbocycles. The monoisotopic (exact) mass is 993 g/mol. The molecule has 0 rings (SSSR count). The van der Waals surface area contributed by atoms with Crippen molar-refractivity contribution in [2.24, 2.45) is 0 Å². The van der Waals surface area contributed by atoms with Crippen LogP contribution in [0.1, 0.15) is 316 Å². The van der Waals surface area contributed by atoms with Gasteiger partial charge in [0.25, 0.3) is 0 Å². The van der Waals surface area contributed by atoms with E-state index in [1.807, 2.05) is 6.08 Å². The van der Waals surface area contributed by atoms with Crippen molar-refractivity contribution in [3.8, 4) is 0 Å². The number of unbranched alkanes of at least 4 members (excludes halogenated alkanes) is 35. The molecule has 0 aliphatic heterocycles. The van der Waals surface area contributed by atoms with E-state index in [9.17, 15) is 14.4 Å². The highest BCUT2D eigenvalue weighted by Crippen LogP contribution is 2.17. The lowest BCUT2D eigenvalue weighted by Gasteiger charge is -2.18. The lowest BCUT2D eigenvalue weighted by molar-refractivity contribution is -0.166. The first-order valence-corrected chi connectivity index (χ1v) is 30.8. The van der Waals surface area contributed by atoms with Crippen LogP contribution in [0.4, 0.5) is 0 Å². The molecular weight excluding hydrogens is 877 g/mol. The summed E-state index contributed by atoms with van der Waals surface area (Å²) >= 11 is 0. The van der Waals surface area contributed by atoms with Crippen LogP contribution in [0.2, 0.25) is 0 Å². The van der Waals surface area contributed by atoms with Gasteiger partial charge in [-0.1, -0.05) is 287 Å². The summed E-state index contributed by atoms with van der Waals surface area (Å²) in [7, 11) is 0. The molecule has 0 N–H and O–H groups in total.